The summed E-state index contributed by atoms with van der Waals surface area (Å²) in [5.41, 5.74) is 4.48. The molecule has 0 saturated carbocycles. The Labute approximate surface area is 218 Å². The van der Waals surface area contributed by atoms with Crippen molar-refractivity contribution < 1.29 is 18.7 Å². The lowest BCUT2D eigenvalue weighted by Gasteiger charge is -2.33. The summed E-state index contributed by atoms with van der Waals surface area (Å²) >= 11 is 1.43. The van der Waals surface area contributed by atoms with Crippen molar-refractivity contribution >= 4 is 38.4 Å². The molecule has 192 valence electrons. The third-order valence-corrected chi connectivity index (χ3v) is 8.21. The van der Waals surface area contributed by atoms with Gasteiger partial charge in [-0.2, -0.15) is 0 Å². The molecule has 1 aromatic carbocycles. The fourth-order valence-corrected chi connectivity index (χ4v) is 6.08. The number of likely N-dealkylation sites (tertiary alicyclic amines) is 1. The number of benzene rings is 1. The fraction of sp³-hybridized carbons (Fsp3) is 0.385. The summed E-state index contributed by atoms with van der Waals surface area (Å²) in [5.74, 6) is 0.429. The fourth-order valence-electron chi connectivity index (χ4n) is 5.10. The summed E-state index contributed by atoms with van der Waals surface area (Å²) in [6.07, 6.45) is 7.86. The summed E-state index contributed by atoms with van der Waals surface area (Å²) in [4.78, 5) is 28.4. The quantitative estimate of drug-likeness (QED) is 0.365. The minimum atomic E-state index is -0.116. The van der Waals surface area contributed by atoms with E-state index in [4.69, 9.17) is 18.9 Å². The lowest BCUT2D eigenvalue weighted by Crippen LogP contribution is -2.37. The van der Waals surface area contributed by atoms with Crippen LogP contribution in [0.2, 0.25) is 0 Å². The molecule has 2 N–H and O–H groups in total. The van der Waals surface area contributed by atoms with Gasteiger partial charge in [-0.15, -0.1) is 0 Å². The van der Waals surface area contributed by atoms with Gasteiger partial charge in [0.1, 0.15) is 11.8 Å². The first-order chi connectivity index (χ1) is 18.1. The maximum absolute atomic E-state index is 13.1. The number of fused-ring (bicyclic) bond motifs is 1. The molecular formula is C26H28N6O4S. The van der Waals surface area contributed by atoms with Gasteiger partial charge in [-0.1, -0.05) is 23.5 Å². The molecule has 0 unspecified atom stereocenters. The maximum atomic E-state index is 13.1. The first kappa shape index (κ1) is 23.7. The Bertz CT molecular complexity index is 1400. The van der Waals surface area contributed by atoms with Crippen LogP contribution < -0.4 is 15.4 Å². The van der Waals surface area contributed by atoms with Crippen molar-refractivity contribution in [3.63, 3.8) is 0 Å². The van der Waals surface area contributed by atoms with Crippen LogP contribution in [0.25, 0.3) is 21.3 Å². The van der Waals surface area contributed by atoms with Crippen LogP contribution >= 0.6 is 11.3 Å². The number of pyridine rings is 1. The third kappa shape index (κ3) is 4.84. The van der Waals surface area contributed by atoms with Gasteiger partial charge < -0.3 is 24.1 Å². The SMILES string of the molecule is COc1ncc(-c2cccc(NCc3cocn3)c2)c2sc(NC(=O)N3CCC4(CCOCC4)C3)nc12. The maximum Gasteiger partial charge on any atom is 0.323 e. The Balaban J connectivity index is 1.24. The van der Waals surface area contributed by atoms with Crippen LogP contribution in [0, 0.1) is 5.41 Å². The van der Waals surface area contributed by atoms with Crippen molar-refractivity contribution in [2.45, 2.75) is 25.8 Å². The van der Waals surface area contributed by atoms with E-state index < -0.39 is 0 Å². The van der Waals surface area contributed by atoms with Crippen molar-refractivity contribution in [1.29, 1.82) is 0 Å². The Kier molecular flexibility index (Phi) is 6.39. The number of urea groups is 1. The highest BCUT2D eigenvalue weighted by atomic mass is 32.1. The molecule has 0 radical (unpaired) electrons. The van der Waals surface area contributed by atoms with Gasteiger partial charge in [-0.3, -0.25) is 5.32 Å². The minimum absolute atomic E-state index is 0.116. The number of thiazole rings is 1. The number of hydrogen-bond acceptors (Lipinski definition) is 9. The summed E-state index contributed by atoms with van der Waals surface area (Å²) in [7, 11) is 1.57. The van der Waals surface area contributed by atoms with Crippen LogP contribution in [-0.2, 0) is 11.3 Å². The number of anilines is 2. The standard InChI is InChI=1S/C26H28N6O4S/c1-34-23-21-22(20(13-28-23)17-3-2-4-18(11-17)27-12-19-14-36-16-29-19)37-24(30-21)31-25(33)32-8-5-26(15-32)6-9-35-10-7-26/h2-4,11,13-14,16,27H,5-10,12,15H2,1H3,(H,30,31,33). The van der Waals surface area contributed by atoms with E-state index in [1.165, 1.54) is 17.7 Å². The number of carbonyl (C=O) groups is 1. The lowest BCUT2D eigenvalue weighted by molar-refractivity contribution is 0.0211. The Morgan fingerprint density at radius 3 is 2.95 bits per heavy atom. The third-order valence-electron chi connectivity index (χ3n) is 7.20. The number of rotatable bonds is 6. The van der Waals surface area contributed by atoms with Crippen LogP contribution in [0.4, 0.5) is 15.6 Å². The van der Waals surface area contributed by atoms with Crippen molar-refractivity contribution in [2.75, 3.05) is 44.0 Å². The van der Waals surface area contributed by atoms with Crippen molar-refractivity contribution in [1.82, 2.24) is 19.9 Å². The highest BCUT2D eigenvalue weighted by Gasteiger charge is 2.41. The van der Waals surface area contributed by atoms with Gasteiger partial charge >= 0.3 is 6.03 Å². The number of aromatic nitrogens is 3. The van der Waals surface area contributed by atoms with Crippen LogP contribution in [-0.4, -0.2) is 59.3 Å². The van der Waals surface area contributed by atoms with Gasteiger partial charge in [-0.05, 0) is 42.4 Å². The van der Waals surface area contributed by atoms with E-state index in [1.54, 1.807) is 19.6 Å². The molecular weight excluding hydrogens is 492 g/mol. The van der Waals surface area contributed by atoms with E-state index >= 15 is 0 Å². The minimum Gasteiger partial charge on any atom is -0.479 e. The van der Waals surface area contributed by atoms with E-state index in [0.717, 1.165) is 72.8 Å². The molecule has 11 heteroatoms. The number of nitrogens with zero attached hydrogens (tertiary/aromatic N) is 4. The van der Waals surface area contributed by atoms with Crippen LogP contribution in [0.3, 0.4) is 0 Å². The molecule has 2 fully saturated rings. The van der Waals surface area contributed by atoms with Gasteiger partial charge in [0.25, 0.3) is 0 Å². The van der Waals surface area contributed by atoms with Crippen LogP contribution in [0.15, 0.2) is 47.5 Å². The molecule has 3 aromatic heterocycles. The average molecular weight is 521 g/mol. The van der Waals surface area contributed by atoms with E-state index in [1.807, 2.05) is 23.1 Å². The largest absolute Gasteiger partial charge is 0.479 e. The van der Waals surface area contributed by atoms with E-state index in [2.05, 4.69) is 26.7 Å². The summed E-state index contributed by atoms with van der Waals surface area (Å²) < 4.78 is 17.0. The lowest BCUT2D eigenvalue weighted by atomic mass is 9.80. The van der Waals surface area contributed by atoms with E-state index in [0.29, 0.717) is 23.1 Å². The van der Waals surface area contributed by atoms with Gasteiger partial charge in [0.05, 0.1) is 24.0 Å². The summed E-state index contributed by atoms with van der Waals surface area (Å²) in [6, 6.07) is 7.95. The molecule has 10 nitrogen and oxygen atoms in total. The number of carbonyl (C=O) groups excluding carboxylic acids is 1. The van der Waals surface area contributed by atoms with Gasteiger partial charge in [-0.25, -0.2) is 19.7 Å². The van der Waals surface area contributed by atoms with Crippen molar-refractivity contribution in [3.8, 4) is 17.0 Å². The molecule has 4 aromatic rings. The number of amides is 2. The molecule has 2 aliphatic rings. The topological polar surface area (TPSA) is 115 Å². The number of nitrogens with one attached hydrogen (secondary N) is 2. The second-order valence-corrected chi connectivity index (χ2v) is 10.5. The number of methoxy groups -OCH3 is 1. The second-order valence-electron chi connectivity index (χ2n) is 9.51. The first-order valence-corrected chi connectivity index (χ1v) is 13.1. The molecule has 0 atom stereocenters. The highest BCUT2D eigenvalue weighted by Crippen LogP contribution is 2.41. The van der Waals surface area contributed by atoms with Crippen molar-refractivity contribution in [3.05, 3.63) is 48.8 Å². The first-order valence-electron chi connectivity index (χ1n) is 12.3. The van der Waals surface area contributed by atoms with Crippen LogP contribution in [0.5, 0.6) is 5.88 Å². The zero-order chi connectivity index (χ0) is 25.2. The van der Waals surface area contributed by atoms with Gasteiger partial charge in [0.2, 0.25) is 5.88 Å². The van der Waals surface area contributed by atoms with Gasteiger partial charge in [0.15, 0.2) is 11.5 Å². The summed E-state index contributed by atoms with van der Waals surface area (Å²) in [5, 5.41) is 6.92. The number of hydrogen-bond donors (Lipinski definition) is 2. The molecule has 0 bridgehead atoms. The molecule has 5 heterocycles. The molecule has 2 aliphatic heterocycles. The highest BCUT2D eigenvalue weighted by molar-refractivity contribution is 7.23. The zero-order valence-electron chi connectivity index (χ0n) is 20.5. The van der Waals surface area contributed by atoms with E-state index in [9.17, 15) is 4.79 Å². The molecule has 2 amide bonds. The number of oxazole rings is 1. The summed E-state index contributed by atoms with van der Waals surface area (Å²) in [6.45, 7) is 3.62. The number of ether oxygens (including phenoxy) is 2. The van der Waals surface area contributed by atoms with Gasteiger partial charge in [0, 0.05) is 43.8 Å². The average Bonchev–Trinajstić information content (AvgIpc) is 3.68. The zero-order valence-corrected chi connectivity index (χ0v) is 21.3. The predicted octanol–water partition coefficient (Wildman–Crippen LogP) is 5.00. The molecule has 1 spiro atoms. The molecule has 37 heavy (non-hydrogen) atoms. The Hall–Kier alpha value is -3.70. The smallest absolute Gasteiger partial charge is 0.323 e. The van der Waals surface area contributed by atoms with Crippen molar-refractivity contribution in [2.24, 2.45) is 5.41 Å². The molecule has 6 rings (SSSR count). The molecule has 0 aliphatic carbocycles. The van der Waals surface area contributed by atoms with E-state index in [-0.39, 0.29) is 11.4 Å². The Morgan fingerprint density at radius 2 is 2.14 bits per heavy atom. The molecule has 2 saturated heterocycles. The normalized spacial score (nSPS) is 16.8. The second kappa shape index (κ2) is 9.98. The van der Waals surface area contributed by atoms with Crippen LogP contribution in [0.1, 0.15) is 25.0 Å². The monoisotopic (exact) mass is 520 g/mol. The predicted molar refractivity (Wildman–Crippen MR) is 141 cm³/mol. The Morgan fingerprint density at radius 1 is 1.24 bits per heavy atom.